The molecule has 2 aromatic rings. The lowest BCUT2D eigenvalue weighted by Gasteiger charge is -2.03. The number of thiol groups is 1. The zero-order valence-corrected chi connectivity index (χ0v) is 11.0. The molecule has 0 N–H and O–H groups in total. The van der Waals surface area contributed by atoms with E-state index in [1.165, 1.54) is 9.79 Å². The minimum atomic E-state index is -3.67. The average Bonchev–Trinajstić information content (AvgIpc) is 2.33. The van der Waals surface area contributed by atoms with E-state index in [0.29, 0.717) is 0 Å². The average molecular weight is 288 g/mol. The van der Waals surface area contributed by atoms with E-state index in [0.717, 1.165) is 4.90 Å². The first kappa shape index (κ1) is 15.0. The molecule has 0 aromatic heterocycles. The molecule has 0 saturated heterocycles. The van der Waals surface area contributed by atoms with Crippen LogP contribution < -0.4 is 0 Å². The van der Waals surface area contributed by atoms with E-state index < -0.39 is 6.68 Å². The molecule has 2 aromatic carbocycles. The predicted octanol–water partition coefficient (Wildman–Crippen LogP) is 5.31. The molecule has 0 spiro atoms. The van der Waals surface area contributed by atoms with Crippen molar-refractivity contribution in [2.24, 2.45) is 0 Å². The summed E-state index contributed by atoms with van der Waals surface area (Å²) in [4.78, 5) is 3.47. The number of benzene rings is 2. The second-order valence-electron chi connectivity index (χ2n) is 3.13. The highest BCUT2D eigenvalue weighted by atomic mass is 32.2. The fraction of sp³-hybridized carbons (Fsp3) is 0.0769. The molecule has 0 fully saturated rings. The van der Waals surface area contributed by atoms with Crippen LogP contribution >= 0.6 is 24.4 Å². The van der Waals surface area contributed by atoms with Crippen molar-refractivity contribution in [2.75, 3.05) is 0 Å². The normalized spacial score (nSPS) is 9.83. The van der Waals surface area contributed by atoms with Gasteiger partial charge in [-0.3, -0.25) is 0 Å². The van der Waals surface area contributed by atoms with Crippen molar-refractivity contribution < 1.29 is 13.2 Å². The molecule has 5 heteroatoms. The molecule has 0 heterocycles. The summed E-state index contributed by atoms with van der Waals surface area (Å²) in [5, 5.41) is 0. The summed E-state index contributed by atoms with van der Waals surface area (Å²) < 4.78 is 29.0. The van der Waals surface area contributed by atoms with Crippen LogP contribution in [0, 0.1) is 0 Å². The van der Waals surface area contributed by atoms with Crippen molar-refractivity contribution in [3.05, 3.63) is 54.6 Å². The molecule has 0 bridgehead atoms. The summed E-state index contributed by atoms with van der Waals surface area (Å²) in [7, 11) is 0. The van der Waals surface area contributed by atoms with Crippen molar-refractivity contribution in [3.8, 4) is 0 Å². The van der Waals surface area contributed by atoms with Gasteiger partial charge in [-0.2, -0.15) is 13.2 Å². The Morgan fingerprint density at radius 2 is 1.33 bits per heavy atom. The molecular formula is C13H11F3S2. The summed E-state index contributed by atoms with van der Waals surface area (Å²) >= 11 is 6.15. The molecule has 0 nitrogen and oxygen atoms in total. The van der Waals surface area contributed by atoms with Gasteiger partial charge in [0.05, 0.1) is 0 Å². The van der Waals surface area contributed by atoms with Crippen LogP contribution in [0.3, 0.4) is 0 Å². The molecule has 0 amide bonds. The van der Waals surface area contributed by atoms with Gasteiger partial charge >= 0.3 is 6.68 Å². The summed E-state index contributed by atoms with van der Waals surface area (Å²) in [5.41, 5.74) is 0. The number of rotatable bonds is 2. The number of alkyl halides is 3. The first-order valence-corrected chi connectivity index (χ1v) is 6.29. The van der Waals surface area contributed by atoms with Gasteiger partial charge < -0.3 is 0 Å². The Morgan fingerprint density at radius 1 is 0.833 bits per heavy atom. The summed E-state index contributed by atoms with van der Waals surface area (Å²) in [5.74, 6) is 0. The Bertz CT molecular complexity index is 458. The first-order valence-electron chi connectivity index (χ1n) is 5.02. The SMILES string of the molecule is FC(F)F.Sc1ccccc1Sc1ccccc1. The topological polar surface area (TPSA) is 0 Å². The molecule has 0 aliphatic heterocycles. The molecular weight excluding hydrogens is 277 g/mol. The highest BCUT2D eigenvalue weighted by Crippen LogP contribution is 2.31. The van der Waals surface area contributed by atoms with Crippen LogP contribution in [-0.2, 0) is 0 Å². The lowest BCUT2D eigenvalue weighted by molar-refractivity contribution is 0.00819. The van der Waals surface area contributed by atoms with Gasteiger partial charge in [0.2, 0.25) is 0 Å². The quantitative estimate of drug-likeness (QED) is 0.731. The largest absolute Gasteiger partial charge is 0.379 e. The number of hydrogen-bond acceptors (Lipinski definition) is 2. The van der Waals surface area contributed by atoms with E-state index in [2.05, 4.69) is 30.8 Å². The van der Waals surface area contributed by atoms with Crippen molar-refractivity contribution in [2.45, 2.75) is 21.4 Å². The van der Waals surface area contributed by atoms with Gasteiger partial charge in [-0.25, -0.2) is 0 Å². The molecule has 0 aliphatic carbocycles. The van der Waals surface area contributed by atoms with Crippen LogP contribution in [0.15, 0.2) is 69.3 Å². The Balaban J connectivity index is 0.000000357. The van der Waals surface area contributed by atoms with Crippen LogP contribution in [0.1, 0.15) is 0 Å². The van der Waals surface area contributed by atoms with E-state index in [1.54, 1.807) is 11.8 Å². The standard InChI is InChI=1S/C12H10S2.CHF3/c13-11-8-4-5-9-12(11)14-10-6-2-1-3-7-10;2-1(3)4/h1-9,13H;1H. The zero-order valence-electron chi connectivity index (χ0n) is 9.26. The van der Waals surface area contributed by atoms with E-state index in [-0.39, 0.29) is 0 Å². The molecule has 0 radical (unpaired) electrons. The van der Waals surface area contributed by atoms with Crippen molar-refractivity contribution >= 4 is 24.4 Å². The van der Waals surface area contributed by atoms with E-state index in [4.69, 9.17) is 0 Å². The van der Waals surface area contributed by atoms with Gasteiger partial charge in [-0.1, -0.05) is 42.1 Å². The highest BCUT2D eigenvalue weighted by Gasteiger charge is 1.99. The van der Waals surface area contributed by atoms with Crippen LogP contribution in [0.5, 0.6) is 0 Å². The monoisotopic (exact) mass is 288 g/mol. The smallest absolute Gasteiger partial charge is 0.174 e. The Morgan fingerprint density at radius 3 is 1.89 bits per heavy atom. The van der Waals surface area contributed by atoms with Crippen molar-refractivity contribution in [3.63, 3.8) is 0 Å². The highest BCUT2D eigenvalue weighted by molar-refractivity contribution is 7.99. The molecule has 0 unspecified atom stereocenters. The third-order valence-corrected chi connectivity index (χ3v) is 3.46. The maximum Gasteiger partial charge on any atom is 0.379 e. The molecule has 0 aliphatic rings. The maximum absolute atomic E-state index is 9.67. The molecule has 0 saturated carbocycles. The molecule has 18 heavy (non-hydrogen) atoms. The third-order valence-electron chi connectivity index (χ3n) is 1.84. The van der Waals surface area contributed by atoms with Crippen LogP contribution in [0.2, 0.25) is 0 Å². The van der Waals surface area contributed by atoms with Crippen LogP contribution in [0.25, 0.3) is 0 Å². The van der Waals surface area contributed by atoms with Crippen LogP contribution in [-0.4, -0.2) is 6.68 Å². The van der Waals surface area contributed by atoms with Gasteiger partial charge in [0.25, 0.3) is 0 Å². The van der Waals surface area contributed by atoms with E-state index in [1.807, 2.05) is 36.4 Å². The summed E-state index contributed by atoms with van der Waals surface area (Å²) in [6.07, 6.45) is 0. The lowest BCUT2D eigenvalue weighted by atomic mass is 10.4. The van der Waals surface area contributed by atoms with Gasteiger partial charge in [0.15, 0.2) is 0 Å². The molecule has 2 rings (SSSR count). The second kappa shape index (κ2) is 8.11. The Kier molecular flexibility index (Phi) is 6.75. The number of hydrogen-bond donors (Lipinski definition) is 1. The Labute approximate surface area is 114 Å². The van der Waals surface area contributed by atoms with Crippen molar-refractivity contribution in [1.29, 1.82) is 0 Å². The zero-order chi connectivity index (χ0) is 13.4. The maximum atomic E-state index is 9.67. The van der Waals surface area contributed by atoms with Gasteiger partial charge in [0.1, 0.15) is 0 Å². The molecule has 0 atom stereocenters. The third kappa shape index (κ3) is 6.02. The predicted molar refractivity (Wildman–Crippen MR) is 71.4 cm³/mol. The second-order valence-corrected chi connectivity index (χ2v) is 4.73. The minimum Gasteiger partial charge on any atom is -0.174 e. The lowest BCUT2D eigenvalue weighted by Crippen LogP contribution is -1.74. The Hall–Kier alpha value is -1.07. The fourth-order valence-electron chi connectivity index (χ4n) is 1.16. The van der Waals surface area contributed by atoms with Crippen molar-refractivity contribution in [1.82, 2.24) is 0 Å². The fourth-order valence-corrected chi connectivity index (χ4v) is 2.32. The van der Waals surface area contributed by atoms with Gasteiger partial charge in [0, 0.05) is 14.7 Å². The number of halogens is 3. The van der Waals surface area contributed by atoms with Gasteiger partial charge in [-0.05, 0) is 24.3 Å². The molecule has 96 valence electrons. The first-order chi connectivity index (χ1) is 8.59. The van der Waals surface area contributed by atoms with Gasteiger partial charge in [-0.15, -0.1) is 12.6 Å². The summed E-state index contributed by atoms with van der Waals surface area (Å²) in [6, 6.07) is 18.4. The minimum absolute atomic E-state index is 1.03. The van der Waals surface area contributed by atoms with E-state index in [9.17, 15) is 13.2 Å². The summed E-state index contributed by atoms with van der Waals surface area (Å²) in [6.45, 7) is -3.67. The van der Waals surface area contributed by atoms with E-state index >= 15 is 0 Å². The van der Waals surface area contributed by atoms with Crippen LogP contribution in [0.4, 0.5) is 13.2 Å².